The lowest BCUT2D eigenvalue weighted by molar-refractivity contribution is 0.0742. The monoisotopic (exact) mass is 410 g/mol. The number of aromatic amines is 1. The minimum Gasteiger partial charge on any atom is -0.336 e. The quantitative estimate of drug-likeness (QED) is 0.553. The number of imidazole rings is 1. The maximum atomic E-state index is 13.1. The maximum Gasteiger partial charge on any atom is 0.255 e. The van der Waals surface area contributed by atoms with Gasteiger partial charge in [0.15, 0.2) is 0 Å². The van der Waals surface area contributed by atoms with E-state index < -0.39 is 0 Å². The zero-order valence-corrected chi connectivity index (χ0v) is 17.2. The number of benzene rings is 2. The molecule has 2 aromatic carbocycles. The van der Waals surface area contributed by atoms with Crippen molar-refractivity contribution in [3.63, 3.8) is 0 Å². The van der Waals surface area contributed by atoms with Gasteiger partial charge in [0.1, 0.15) is 0 Å². The smallest absolute Gasteiger partial charge is 0.255 e. The third kappa shape index (κ3) is 3.46. The molecule has 1 aliphatic heterocycles. The van der Waals surface area contributed by atoms with Crippen molar-refractivity contribution in [2.75, 3.05) is 6.54 Å². The molecule has 0 spiro atoms. The Morgan fingerprint density at radius 2 is 2.13 bits per heavy atom. The molecule has 0 bridgehead atoms. The van der Waals surface area contributed by atoms with E-state index in [4.69, 9.17) is 0 Å². The lowest BCUT2D eigenvalue weighted by Crippen LogP contribution is -2.34. The summed E-state index contributed by atoms with van der Waals surface area (Å²) in [6.45, 7) is 3.55. The van der Waals surface area contributed by atoms with E-state index in [0.29, 0.717) is 23.6 Å². The topological polar surface area (TPSA) is 90.6 Å². The molecule has 3 heterocycles. The second kappa shape index (κ2) is 7.73. The first-order valence-electron chi connectivity index (χ1n) is 10.4. The molecule has 31 heavy (non-hydrogen) atoms. The van der Waals surface area contributed by atoms with Crippen LogP contribution in [0.4, 0.5) is 0 Å². The molecule has 2 aromatic heterocycles. The van der Waals surface area contributed by atoms with Gasteiger partial charge in [0.2, 0.25) is 0 Å². The van der Waals surface area contributed by atoms with E-state index in [0.717, 1.165) is 35.1 Å². The first-order valence-corrected chi connectivity index (χ1v) is 10.4. The molecule has 154 valence electrons. The van der Waals surface area contributed by atoms with E-state index in [-0.39, 0.29) is 11.9 Å². The van der Waals surface area contributed by atoms with Gasteiger partial charge >= 0.3 is 0 Å². The Balaban J connectivity index is 1.34. The second-order valence-corrected chi connectivity index (χ2v) is 8.15. The Morgan fingerprint density at radius 3 is 2.94 bits per heavy atom. The molecule has 4 aromatic rings. The molecule has 2 atom stereocenters. The van der Waals surface area contributed by atoms with Crippen LogP contribution in [-0.2, 0) is 6.54 Å². The van der Waals surface area contributed by atoms with Crippen LogP contribution >= 0.6 is 0 Å². The zero-order chi connectivity index (χ0) is 21.4. The number of carbonyl (C=O) groups is 1. The van der Waals surface area contributed by atoms with E-state index >= 15 is 0 Å². The fraction of sp³-hybridized carbons (Fsp3) is 0.250. The molecule has 1 aliphatic rings. The molecule has 0 unspecified atom stereocenters. The normalized spacial score (nSPS) is 18.4. The van der Waals surface area contributed by atoms with Crippen molar-refractivity contribution in [2.45, 2.75) is 25.9 Å². The summed E-state index contributed by atoms with van der Waals surface area (Å²) in [6, 6.07) is 15.5. The maximum absolute atomic E-state index is 13.1. The molecule has 0 radical (unpaired) electrons. The Labute approximate surface area is 179 Å². The third-order valence-corrected chi connectivity index (χ3v) is 6.11. The van der Waals surface area contributed by atoms with Crippen LogP contribution in [0.1, 0.15) is 29.3 Å². The number of nitrogens with zero attached hydrogens (tertiary/aromatic N) is 5. The van der Waals surface area contributed by atoms with Gasteiger partial charge < -0.3 is 9.47 Å². The van der Waals surface area contributed by atoms with Crippen molar-refractivity contribution in [1.29, 1.82) is 5.26 Å². The molecule has 1 N–H and O–H groups in total. The van der Waals surface area contributed by atoms with Crippen LogP contribution in [0.25, 0.3) is 22.2 Å². The average Bonchev–Trinajstić information content (AvgIpc) is 3.54. The summed E-state index contributed by atoms with van der Waals surface area (Å²) in [5.74, 6) is 0.270. The standard InChI is InChI=1S/C24H22N6O/c1-16-8-17(14-30(16)24(31)21-5-3-2-4-19(21)10-25)13-29-15-26-22-9-18(6-7-23(22)29)20-11-27-28-12-20/h2-7,9,11-12,15-17H,8,13-14H2,1H3,(H,27,28)/t16-,17+/m0/s1. The number of likely N-dealkylation sites (tertiary alicyclic amines) is 1. The van der Waals surface area contributed by atoms with Gasteiger partial charge in [-0.1, -0.05) is 18.2 Å². The number of hydrogen-bond donors (Lipinski definition) is 1. The number of rotatable bonds is 4. The summed E-state index contributed by atoms with van der Waals surface area (Å²) >= 11 is 0. The number of aromatic nitrogens is 4. The molecule has 5 rings (SSSR count). The Hall–Kier alpha value is -3.92. The number of nitrogens with one attached hydrogen (secondary N) is 1. The first kappa shape index (κ1) is 19.1. The zero-order valence-electron chi connectivity index (χ0n) is 17.2. The molecule has 1 amide bonds. The number of carbonyl (C=O) groups excluding carboxylic acids is 1. The highest BCUT2D eigenvalue weighted by Gasteiger charge is 2.34. The third-order valence-electron chi connectivity index (χ3n) is 6.11. The molecule has 7 heteroatoms. The van der Waals surface area contributed by atoms with Crippen molar-refractivity contribution < 1.29 is 4.79 Å². The SMILES string of the molecule is C[C@H]1C[C@H](Cn2cnc3cc(-c4cn[nH]c4)ccc32)CN1C(=O)c1ccccc1C#N. The van der Waals surface area contributed by atoms with Crippen molar-refractivity contribution >= 4 is 16.9 Å². The van der Waals surface area contributed by atoms with Gasteiger partial charge in [-0.3, -0.25) is 9.89 Å². The molecule has 0 aliphatic carbocycles. The number of fused-ring (bicyclic) bond motifs is 1. The largest absolute Gasteiger partial charge is 0.336 e. The Bertz CT molecular complexity index is 1280. The van der Waals surface area contributed by atoms with E-state index in [1.165, 1.54) is 0 Å². The van der Waals surface area contributed by atoms with Gasteiger partial charge in [0, 0.05) is 30.9 Å². The Morgan fingerprint density at radius 1 is 1.26 bits per heavy atom. The summed E-state index contributed by atoms with van der Waals surface area (Å²) < 4.78 is 2.17. The minimum absolute atomic E-state index is 0.0626. The van der Waals surface area contributed by atoms with E-state index in [2.05, 4.69) is 50.9 Å². The molecule has 1 saturated heterocycles. The van der Waals surface area contributed by atoms with Crippen molar-refractivity contribution in [3.8, 4) is 17.2 Å². The summed E-state index contributed by atoms with van der Waals surface area (Å²) in [5.41, 5.74) is 5.05. The predicted octanol–water partition coefficient (Wildman–Crippen LogP) is 3.85. The number of hydrogen-bond acceptors (Lipinski definition) is 4. The number of amides is 1. The van der Waals surface area contributed by atoms with Crippen molar-refractivity contribution in [1.82, 2.24) is 24.6 Å². The molecule has 7 nitrogen and oxygen atoms in total. The highest BCUT2D eigenvalue weighted by atomic mass is 16.2. The predicted molar refractivity (Wildman–Crippen MR) is 117 cm³/mol. The van der Waals surface area contributed by atoms with E-state index in [1.54, 1.807) is 24.4 Å². The second-order valence-electron chi connectivity index (χ2n) is 8.15. The summed E-state index contributed by atoms with van der Waals surface area (Å²) in [7, 11) is 0. The van der Waals surface area contributed by atoms with Gasteiger partial charge in [-0.2, -0.15) is 10.4 Å². The molecular weight excluding hydrogens is 388 g/mol. The summed E-state index contributed by atoms with van der Waals surface area (Å²) in [4.78, 5) is 19.6. The summed E-state index contributed by atoms with van der Waals surface area (Å²) in [6.07, 6.45) is 6.47. The van der Waals surface area contributed by atoms with Gasteiger partial charge in [-0.15, -0.1) is 0 Å². The minimum atomic E-state index is -0.0626. The highest BCUT2D eigenvalue weighted by Crippen LogP contribution is 2.29. The van der Waals surface area contributed by atoms with Crippen LogP contribution in [0.15, 0.2) is 61.2 Å². The fourth-order valence-electron chi connectivity index (χ4n) is 4.56. The summed E-state index contributed by atoms with van der Waals surface area (Å²) in [5, 5.41) is 16.2. The molecule has 0 saturated carbocycles. The number of H-pyrrole nitrogens is 1. The van der Waals surface area contributed by atoms with E-state index in [1.807, 2.05) is 23.5 Å². The van der Waals surface area contributed by atoms with Crippen molar-refractivity contribution in [3.05, 3.63) is 72.3 Å². The highest BCUT2D eigenvalue weighted by molar-refractivity contribution is 5.97. The van der Waals surface area contributed by atoms with Crippen LogP contribution in [0.2, 0.25) is 0 Å². The van der Waals surface area contributed by atoms with E-state index in [9.17, 15) is 10.1 Å². The van der Waals surface area contributed by atoms with Gasteiger partial charge in [0.05, 0.1) is 40.8 Å². The lowest BCUT2D eigenvalue weighted by Gasteiger charge is -2.22. The molecule has 1 fully saturated rings. The fourth-order valence-corrected chi connectivity index (χ4v) is 4.56. The van der Waals surface area contributed by atoms with Crippen LogP contribution in [0, 0.1) is 17.2 Å². The van der Waals surface area contributed by atoms with Gasteiger partial charge in [0.25, 0.3) is 5.91 Å². The van der Waals surface area contributed by atoms with Crippen LogP contribution < -0.4 is 0 Å². The average molecular weight is 410 g/mol. The van der Waals surface area contributed by atoms with Gasteiger partial charge in [-0.25, -0.2) is 4.98 Å². The number of nitriles is 1. The molecular formula is C24H22N6O. The van der Waals surface area contributed by atoms with Crippen LogP contribution in [0.3, 0.4) is 0 Å². The van der Waals surface area contributed by atoms with Gasteiger partial charge in [-0.05, 0) is 49.1 Å². The van der Waals surface area contributed by atoms with Crippen molar-refractivity contribution in [2.24, 2.45) is 5.92 Å². The van der Waals surface area contributed by atoms with Crippen LogP contribution in [-0.4, -0.2) is 43.1 Å². The van der Waals surface area contributed by atoms with Crippen LogP contribution in [0.5, 0.6) is 0 Å². The first-order chi connectivity index (χ1) is 15.1. The Kier molecular flexibility index (Phi) is 4.75. The lowest BCUT2D eigenvalue weighted by atomic mass is 10.1.